The molecule has 0 atom stereocenters. The van der Waals surface area contributed by atoms with E-state index in [1.807, 2.05) is 0 Å². The Balaban J connectivity index is 2.00. The number of hydrogen-bond acceptors (Lipinski definition) is 4. The Labute approximate surface area is 152 Å². The molecule has 3 rings (SSSR count). The van der Waals surface area contributed by atoms with Crippen LogP contribution in [0.5, 0.6) is 0 Å². The largest absolute Gasteiger partial charge is 0.333 e. The van der Waals surface area contributed by atoms with E-state index in [2.05, 4.69) is 9.71 Å². The van der Waals surface area contributed by atoms with Crippen molar-refractivity contribution in [3.63, 3.8) is 0 Å². The van der Waals surface area contributed by atoms with Crippen LogP contribution in [0.15, 0.2) is 44.5 Å². The summed E-state index contributed by atoms with van der Waals surface area (Å²) >= 11 is 19.2. The zero-order valence-corrected chi connectivity index (χ0v) is 15.5. The van der Waals surface area contributed by atoms with E-state index in [9.17, 15) is 8.42 Å². The highest BCUT2D eigenvalue weighted by atomic mass is 35.5. The molecule has 23 heavy (non-hydrogen) atoms. The van der Waals surface area contributed by atoms with Crippen LogP contribution in [0.3, 0.4) is 0 Å². The van der Waals surface area contributed by atoms with Crippen molar-refractivity contribution >= 4 is 67.4 Å². The summed E-state index contributed by atoms with van der Waals surface area (Å²) in [4.78, 5) is 0.667. The molecule has 1 heterocycles. The topological polar surface area (TPSA) is 58.5 Å². The van der Waals surface area contributed by atoms with Crippen LogP contribution in [0.4, 0.5) is 5.69 Å². The summed E-state index contributed by atoms with van der Waals surface area (Å²) in [5.74, 6) is 0. The number of halogens is 3. The number of nitrogens with zero attached hydrogens (tertiary/aromatic N) is 1. The van der Waals surface area contributed by atoms with Gasteiger partial charge in [-0.3, -0.25) is 0 Å². The van der Waals surface area contributed by atoms with Crippen LogP contribution in [-0.2, 0) is 10.0 Å². The van der Waals surface area contributed by atoms with Crippen molar-refractivity contribution in [2.45, 2.75) is 16.7 Å². The highest BCUT2D eigenvalue weighted by Crippen LogP contribution is 2.38. The summed E-state index contributed by atoms with van der Waals surface area (Å²) in [6.07, 6.45) is 0. The standard InChI is InChI=1S/C14H9Cl3N2O2S2/c1-7-4-13-12(6-9(7)16)22-14(19-23(13,20)21)18-11-3-2-8(15)5-10(11)17/h2-6H,1H3,(H,18,19). The van der Waals surface area contributed by atoms with Crippen molar-refractivity contribution in [1.82, 2.24) is 0 Å². The minimum atomic E-state index is -3.79. The first-order valence-corrected chi connectivity index (χ1v) is 9.70. The monoisotopic (exact) mass is 406 g/mol. The quantitative estimate of drug-likeness (QED) is 0.704. The third-order valence-electron chi connectivity index (χ3n) is 3.09. The third-order valence-corrected chi connectivity index (χ3v) is 6.55. The molecule has 2 aromatic rings. The summed E-state index contributed by atoms with van der Waals surface area (Å²) in [7, 11) is -3.79. The molecule has 1 aliphatic rings. The molecular weight excluding hydrogens is 399 g/mol. The summed E-state index contributed by atoms with van der Waals surface area (Å²) in [6, 6.07) is 8.00. The van der Waals surface area contributed by atoms with E-state index in [0.29, 0.717) is 31.2 Å². The highest BCUT2D eigenvalue weighted by Gasteiger charge is 2.27. The molecule has 0 spiro atoms. The molecule has 120 valence electrons. The van der Waals surface area contributed by atoms with Gasteiger partial charge in [-0.15, -0.1) is 4.40 Å². The van der Waals surface area contributed by atoms with E-state index >= 15 is 0 Å². The molecule has 0 radical (unpaired) electrons. The minimum Gasteiger partial charge on any atom is -0.333 e. The van der Waals surface area contributed by atoms with E-state index in [1.54, 1.807) is 31.2 Å². The number of thioether (sulfide) groups is 1. The fraction of sp³-hybridized carbons (Fsp3) is 0.0714. The number of benzene rings is 2. The normalized spacial score (nSPS) is 15.7. The number of sulfonamides is 1. The summed E-state index contributed by atoms with van der Waals surface area (Å²) in [5.41, 5.74) is 1.20. The van der Waals surface area contributed by atoms with Crippen LogP contribution >= 0.6 is 46.6 Å². The number of rotatable bonds is 1. The van der Waals surface area contributed by atoms with Crippen LogP contribution < -0.4 is 5.32 Å². The molecule has 1 aliphatic heterocycles. The van der Waals surface area contributed by atoms with Crippen LogP contribution in [0.1, 0.15) is 5.56 Å². The van der Waals surface area contributed by atoms with E-state index < -0.39 is 10.0 Å². The van der Waals surface area contributed by atoms with Gasteiger partial charge < -0.3 is 5.32 Å². The number of amidine groups is 1. The SMILES string of the molecule is Cc1cc2c(cc1Cl)SC(Nc1ccc(Cl)cc1Cl)=NS2(=O)=O. The fourth-order valence-electron chi connectivity index (χ4n) is 1.95. The Bertz CT molecular complexity index is 943. The van der Waals surface area contributed by atoms with Gasteiger partial charge in [0.25, 0.3) is 10.0 Å². The van der Waals surface area contributed by atoms with Crippen molar-refractivity contribution in [3.05, 3.63) is 51.0 Å². The Morgan fingerprint density at radius 3 is 2.52 bits per heavy atom. The summed E-state index contributed by atoms with van der Waals surface area (Å²) in [5, 5.41) is 4.45. The van der Waals surface area contributed by atoms with Gasteiger partial charge in [-0.2, -0.15) is 8.42 Å². The van der Waals surface area contributed by atoms with E-state index in [0.717, 1.165) is 0 Å². The van der Waals surface area contributed by atoms with Gasteiger partial charge in [0.15, 0.2) is 5.17 Å². The van der Waals surface area contributed by atoms with Gasteiger partial charge in [0.2, 0.25) is 0 Å². The van der Waals surface area contributed by atoms with E-state index in [1.165, 1.54) is 17.8 Å². The zero-order chi connectivity index (χ0) is 16.8. The van der Waals surface area contributed by atoms with Gasteiger partial charge >= 0.3 is 0 Å². The number of fused-ring (bicyclic) bond motifs is 1. The van der Waals surface area contributed by atoms with Crippen molar-refractivity contribution in [2.24, 2.45) is 4.40 Å². The highest BCUT2D eigenvalue weighted by molar-refractivity contribution is 8.15. The molecule has 0 bridgehead atoms. The maximum Gasteiger partial charge on any atom is 0.285 e. The molecule has 0 unspecified atom stereocenters. The second kappa shape index (κ2) is 6.18. The van der Waals surface area contributed by atoms with E-state index in [-0.39, 0.29) is 10.1 Å². The summed E-state index contributed by atoms with van der Waals surface area (Å²) < 4.78 is 28.5. The predicted octanol–water partition coefficient (Wildman–Crippen LogP) is 5.22. The first kappa shape index (κ1) is 16.9. The lowest BCUT2D eigenvalue weighted by molar-refractivity contribution is 0.595. The Kier molecular flexibility index (Phi) is 4.55. The Morgan fingerprint density at radius 2 is 1.83 bits per heavy atom. The lowest BCUT2D eigenvalue weighted by Gasteiger charge is -2.18. The molecule has 0 saturated carbocycles. The first-order valence-electron chi connectivity index (χ1n) is 6.31. The third kappa shape index (κ3) is 3.46. The van der Waals surface area contributed by atoms with Gasteiger partial charge in [-0.05, 0) is 54.6 Å². The van der Waals surface area contributed by atoms with Crippen LogP contribution in [0.25, 0.3) is 0 Å². The molecule has 0 amide bonds. The maximum atomic E-state index is 12.3. The summed E-state index contributed by atoms with van der Waals surface area (Å²) in [6.45, 7) is 1.74. The molecule has 4 nitrogen and oxygen atoms in total. The number of hydrogen-bond donors (Lipinski definition) is 1. The second-order valence-corrected chi connectivity index (χ2v) is 8.62. The molecule has 0 fully saturated rings. The van der Waals surface area contributed by atoms with Crippen molar-refractivity contribution < 1.29 is 8.42 Å². The lowest BCUT2D eigenvalue weighted by Crippen LogP contribution is -2.16. The average molecular weight is 408 g/mol. The van der Waals surface area contributed by atoms with Crippen molar-refractivity contribution in [1.29, 1.82) is 0 Å². The molecule has 2 aromatic carbocycles. The Hall–Kier alpha value is -0.920. The number of anilines is 1. The van der Waals surface area contributed by atoms with Crippen LogP contribution in [0, 0.1) is 6.92 Å². The molecule has 0 aliphatic carbocycles. The van der Waals surface area contributed by atoms with Crippen LogP contribution in [-0.4, -0.2) is 13.6 Å². The average Bonchev–Trinajstić information content (AvgIpc) is 2.44. The molecule has 9 heteroatoms. The number of nitrogens with one attached hydrogen (secondary N) is 1. The fourth-order valence-corrected chi connectivity index (χ4v) is 5.23. The molecule has 0 saturated heterocycles. The Morgan fingerprint density at radius 1 is 1.09 bits per heavy atom. The zero-order valence-electron chi connectivity index (χ0n) is 11.6. The minimum absolute atomic E-state index is 0.150. The van der Waals surface area contributed by atoms with Gasteiger partial charge in [0, 0.05) is 14.9 Å². The van der Waals surface area contributed by atoms with E-state index in [4.69, 9.17) is 34.8 Å². The predicted molar refractivity (Wildman–Crippen MR) is 96.8 cm³/mol. The molecule has 0 aromatic heterocycles. The van der Waals surface area contributed by atoms with Crippen LogP contribution in [0.2, 0.25) is 15.1 Å². The second-order valence-electron chi connectivity index (χ2n) is 4.77. The van der Waals surface area contributed by atoms with Gasteiger partial charge in [-0.25, -0.2) is 0 Å². The molecular formula is C14H9Cl3N2O2S2. The van der Waals surface area contributed by atoms with Gasteiger partial charge in [0.05, 0.1) is 10.7 Å². The van der Waals surface area contributed by atoms with Gasteiger partial charge in [-0.1, -0.05) is 34.8 Å². The lowest BCUT2D eigenvalue weighted by atomic mass is 10.2. The number of aryl methyl sites for hydroxylation is 1. The van der Waals surface area contributed by atoms with Crippen molar-refractivity contribution in [2.75, 3.05) is 5.32 Å². The van der Waals surface area contributed by atoms with Gasteiger partial charge in [0.1, 0.15) is 4.90 Å². The first-order chi connectivity index (χ1) is 10.8. The smallest absolute Gasteiger partial charge is 0.285 e. The molecule has 1 N–H and O–H groups in total. The van der Waals surface area contributed by atoms with Crippen molar-refractivity contribution in [3.8, 4) is 0 Å². The maximum absolute atomic E-state index is 12.3.